The van der Waals surface area contributed by atoms with Gasteiger partial charge in [0.25, 0.3) is 0 Å². The number of hydrogen-bond donors (Lipinski definition) is 7. The quantitative estimate of drug-likeness (QED) is 0.241. The van der Waals surface area contributed by atoms with Crippen molar-refractivity contribution >= 4 is 5.97 Å². The van der Waals surface area contributed by atoms with Crippen LogP contribution in [0, 0.1) is 34.0 Å². The van der Waals surface area contributed by atoms with E-state index in [1.165, 1.54) is 0 Å². The molecular formula is C26H42O10. The molecule has 0 aromatic carbocycles. The van der Waals surface area contributed by atoms with Gasteiger partial charge in [0.2, 0.25) is 6.29 Å². The van der Waals surface area contributed by atoms with Crippen LogP contribution in [0.3, 0.4) is 0 Å². The Labute approximate surface area is 211 Å². The van der Waals surface area contributed by atoms with Gasteiger partial charge in [0.15, 0.2) is 0 Å². The molecule has 10 heteroatoms. The lowest BCUT2D eigenvalue weighted by Gasteiger charge is -2.64. The van der Waals surface area contributed by atoms with Crippen molar-refractivity contribution in [3.05, 3.63) is 0 Å². The van der Waals surface area contributed by atoms with Gasteiger partial charge in [-0.3, -0.25) is 4.79 Å². The Balaban J connectivity index is 1.41. The Hall–Kier alpha value is -0.850. The van der Waals surface area contributed by atoms with Gasteiger partial charge >= 0.3 is 5.97 Å². The zero-order chi connectivity index (χ0) is 26.3. The van der Waals surface area contributed by atoms with Crippen LogP contribution in [0.4, 0.5) is 0 Å². The Morgan fingerprint density at radius 2 is 1.67 bits per heavy atom. The molecule has 5 fully saturated rings. The van der Waals surface area contributed by atoms with Crippen molar-refractivity contribution in [1.29, 1.82) is 0 Å². The van der Waals surface area contributed by atoms with E-state index >= 15 is 0 Å². The third-order valence-corrected chi connectivity index (χ3v) is 11.3. The Morgan fingerprint density at radius 1 is 0.944 bits per heavy atom. The molecule has 0 amide bonds. The molecule has 0 aromatic heterocycles. The minimum atomic E-state index is -1.71. The van der Waals surface area contributed by atoms with E-state index in [0.29, 0.717) is 19.3 Å². The summed E-state index contributed by atoms with van der Waals surface area (Å²) in [7, 11) is 0. The zero-order valence-electron chi connectivity index (χ0n) is 21.1. The van der Waals surface area contributed by atoms with Gasteiger partial charge in [-0.15, -0.1) is 0 Å². The summed E-state index contributed by atoms with van der Waals surface area (Å²) >= 11 is 0. The highest BCUT2D eigenvalue weighted by atomic mass is 16.7. The van der Waals surface area contributed by atoms with Crippen molar-refractivity contribution in [3.63, 3.8) is 0 Å². The summed E-state index contributed by atoms with van der Waals surface area (Å²) in [5, 5.41) is 72.3. The van der Waals surface area contributed by atoms with Crippen LogP contribution < -0.4 is 0 Å². The molecule has 206 valence electrons. The number of carbonyl (C=O) groups is 1. The fourth-order valence-corrected chi connectivity index (χ4v) is 9.39. The molecule has 1 saturated heterocycles. The predicted molar refractivity (Wildman–Crippen MR) is 124 cm³/mol. The van der Waals surface area contributed by atoms with Crippen molar-refractivity contribution < 1.29 is 50.0 Å². The third-order valence-electron chi connectivity index (χ3n) is 11.3. The Kier molecular flexibility index (Phi) is 6.57. The molecule has 1 spiro atoms. The number of esters is 1. The van der Waals surface area contributed by atoms with Crippen molar-refractivity contribution in [2.24, 2.45) is 34.0 Å². The highest BCUT2D eigenvalue weighted by Crippen LogP contribution is 2.73. The van der Waals surface area contributed by atoms with E-state index in [2.05, 4.69) is 6.92 Å². The maximum atomic E-state index is 13.7. The van der Waals surface area contributed by atoms with Crippen molar-refractivity contribution in [2.75, 3.05) is 13.2 Å². The number of hydrogen-bond acceptors (Lipinski definition) is 10. The van der Waals surface area contributed by atoms with Crippen LogP contribution in [0.1, 0.15) is 65.2 Å². The van der Waals surface area contributed by atoms with E-state index in [4.69, 9.17) is 9.47 Å². The third kappa shape index (κ3) is 3.56. The maximum Gasteiger partial charge on any atom is 0.317 e. The molecule has 7 N–H and O–H groups in total. The summed E-state index contributed by atoms with van der Waals surface area (Å²) in [6, 6.07) is 0. The molecule has 5 aliphatic rings. The highest BCUT2D eigenvalue weighted by Gasteiger charge is 2.70. The lowest BCUT2D eigenvalue weighted by atomic mass is 9.40. The van der Waals surface area contributed by atoms with E-state index < -0.39 is 60.4 Å². The van der Waals surface area contributed by atoms with E-state index in [1.807, 2.05) is 0 Å². The molecule has 1 heterocycles. The first kappa shape index (κ1) is 26.7. The molecule has 36 heavy (non-hydrogen) atoms. The number of rotatable bonds is 4. The number of ether oxygens (including phenoxy) is 2. The average Bonchev–Trinajstić information content (AvgIpc) is 3.06. The van der Waals surface area contributed by atoms with Crippen LogP contribution in [0.25, 0.3) is 0 Å². The van der Waals surface area contributed by atoms with Crippen molar-refractivity contribution in [3.8, 4) is 0 Å². The van der Waals surface area contributed by atoms with Crippen LogP contribution in [0.15, 0.2) is 0 Å². The summed E-state index contributed by atoms with van der Waals surface area (Å²) in [6.45, 7) is 3.01. The monoisotopic (exact) mass is 514 g/mol. The minimum Gasteiger partial charge on any atom is -0.432 e. The molecule has 4 aliphatic carbocycles. The van der Waals surface area contributed by atoms with Gasteiger partial charge in [-0.2, -0.15) is 0 Å². The number of aliphatic hydroxyl groups excluding tert-OH is 6. The molecule has 0 unspecified atom stereocenters. The van der Waals surface area contributed by atoms with Crippen molar-refractivity contribution in [1.82, 2.24) is 0 Å². The first-order chi connectivity index (χ1) is 16.9. The Bertz CT molecular complexity index is 868. The Morgan fingerprint density at radius 3 is 2.33 bits per heavy atom. The van der Waals surface area contributed by atoms with Crippen LogP contribution in [-0.4, -0.2) is 97.3 Å². The first-order valence-electron chi connectivity index (χ1n) is 13.4. The van der Waals surface area contributed by atoms with E-state index in [0.717, 1.165) is 32.1 Å². The van der Waals surface area contributed by atoms with Crippen LogP contribution in [0.5, 0.6) is 0 Å². The topological polar surface area (TPSA) is 177 Å². The number of aliphatic hydroxyl groups is 7. The summed E-state index contributed by atoms with van der Waals surface area (Å²) in [6.07, 6.45) is -3.00. The normalized spacial score (nSPS) is 56.5. The molecule has 4 saturated carbocycles. The molecular weight excluding hydrogens is 472 g/mol. The molecule has 0 radical (unpaired) electrons. The van der Waals surface area contributed by atoms with Gasteiger partial charge in [0.05, 0.1) is 30.3 Å². The minimum absolute atomic E-state index is 0.0793. The van der Waals surface area contributed by atoms with Gasteiger partial charge in [0, 0.05) is 0 Å². The van der Waals surface area contributed by atoms with Gasteiger partial charge in [-0.1, -0.05) is 6.92 Å². The SMILES string of the molecule is C[C@@]12CC[C@@H](O)[C@@](C)(C(=O)O[C@@H]3O[C@H](CO)[C@@H](O)[C@H](O)[C@H]3O)[C@H]1CC[C@@]13C[C@@H](CC[C@@H]12)[C@](O)(CO)C3. The smallest absolute Gasteiger partial charge is 0.317 e. The van der Waals surface area contributed by atoms with E-state index in [9.17, 15) is 40.5 Å². The zero-order valence-corrected chi connectivity index (χ0v) is 21.1. The molecule has 5 rings (SSSR count). The lowest BCUT2D eigenvalue weighted by Crippen LogP contribution is -2.64. The largest absolute Gasteiger partial charge is 0.432 e. The summed E-state index contributed by atoms with van der Waals surface area (Å²) in [4.78, 5) is 13.7. The fourth-order valence-electron chi connectivity index (χ4n) is 9.39. The predicted octanol–water partition coefficient (Wildman–Crippen LogP) is -0.563. The first-order valence-corrected chi connectivity index (χ1v) is 13.4. The maximum absolute atomic E-state index is 13.7. The second-order valence-corrected chi connectivity index (χ2v) is 12.9. The summed E-state index contributed by atoms with van der Waals surface area (Å²) in [5.41, 5.74) is -2.75. The van der Waals surface area contributed by atoms with Gasteiger partial charge in [-0.25, -0.2) is 0 Å². The van der Waals surface area contributed by atoms with Crippen LogP contribution in [0.2, 0.25) is 0 Å². The number of carbonyl (C=O) groups excluding carboxylic acids is 1. The van der Waals surface area contributed by atoms with Crippen LogP contribution >= 0.6 is 0 Å². The second-order valence-electron chi connectivity index (χ2n) is 12.9. The highest BCUT2D eigenvalue weighted by molar-refractivity contribution is 5.78. The van der Waals surface area contributed by atoms with Crippen molar-refractivity contribution in [2.45, 2.75) is 108 Å². The number of fused-ring (bicyclic) bond motifs is 3. The van der Waals surface area contributed by atoms with E-state index in [-0.39, 0.29) is 35.2 Å². The van der Waals surface area contributed by atoms with Gasteiger partial charge in [0.1, 0.15) is 24.4 Å². The lowest BCUT2D eigenvalue weighted by molar-refractivity contribution is -0.300. The molecule has 10 nitrogen and oxygen atoms in total. The molecule has 13 atom stereocenters. The van der Waals surface area contributed by atoms with Crippen LogP contribution in [-0.2, 0) is 14.3 Å². The average molecular weight is 515 g/mol. The van der Waals surface area contributed by atoms with Gasteiger partial charge < -0.3 is 45.2 Å². The summed E-state index contributed by atoms with van der Waals surface area (Å²) in [5.74, 6) is -0.651. The standard InChI is InChI=1S/C26H42O10/c1-23-7-6-17(29)24(2,22(33)36-21-20(32)19(31)18(30)14(10-27)35-21)15(23)5-8-25-9-13(3-4-16(23)25)26(34,11-25)12-28/h13-21,27-32,34H,3-12H2,1-2H3/t13-,14-,15+,16-,17-,18-,19+,20-,21+,23-,24+,25+,26-/m1/s1. The summed E-state index contributed by atoms with van der Waals surface area (Å²) < 4.78 is 11.0. The van der Waals surface area contributed by atoms with E-state index in [1.54, 1.807) is 6.92 Å². The molecule has 0 aromatic rings. The molecule has 1 aliphatic heterocycles. The molecule has 2 bridgehead atoms. The fraction of sp³-hybridized carbons (Fsp3) is 0.962. The second kappa shape index (κ2) is 8.84. The van der Waals surface area contributed by atoms with Gasteiger partial charge in [-0.05, 0) is 86.9 Å².